The van der Waals surface area contributed by atoms with Crippen molar-refractivity contribution in [2.75, 3.05) is 12.4 Å². The molecule has 0 saturated heterocycles. The largest absolute Gasteiger partial charge is 0.495 e. The number of methoxy groups -OCH3 is 1. The lowest BCUT2D eigenvalue weighted by Gasteiger charge is -2.26. The van der Waals surface area contributed by atoms with Gasteiger partial charge in [0.2, 0.25) is 0 Å². The topological polar surface area (TPSA) is 73.9 Å². The quantitative estimate of drug-likeness (QED) is 0.720. The van der Waals surface area contributed by atoms with Crippen molar-refractivity contribution in [3.63, 3.8) is 0 Å². The zero-order chi connectivity index (χ0) is 20.0. The fraction of sp³-hybridized carbons (Fsp3) is 0.300. The number of carbonyl (C=O) groups is 2. The average molecular weight is 392 g/mol. The molecule has 0 aromatic heterocycles. The van der Waals surface area contributed by atoms with Gasteiger partial charge in [-0.1, -0.05) is 23.7 Å². The molecule has 1 unspecified atom stereocenters. The van der Waals surface area contributed by atoms with Gasteiger partial charge in [-0.2, -0.15) is 0 Å². The molecule has 0 spiro atoms. The maximum Gasteiger partial charge on any atom is 0.350 e. The van der Waals surface area contributed by atoms with Crippen molar-refractivity contribution in [3.05, 3.63) is 53.6 Å². The van der Waals surface area contributed by atoms with Crippen LogP contribution in [0.5, 0.6) is 11.5 Å². The normalized spacial score (nSPS) is 12.0. The number of ether oxygens (including phenoxy) is 3. The van der Waals surface area contributed by atoms with Crippen LogP contribution in [-0.4, -0.2) is 30.7 Å². The summed E-state index contributed by atoms with van der Waals surface area (Å²) >= 11 is 5.84. The van der Waals surface area contributed by atoms with E-state index in [0.717, 1.165) is 0 Å². The van der Waals surface area contributed by atoms with Crippen LogP contribution < -0.4 is 14.8 Å². The first-order chi connectivity index (χ1) is 12.7. The summed E-state index contributed by atoms with van der Waals surface area (Å²) in [4.78, 5) is 24.8. The zero-order valence-corrected chi connectivity index (χ0v) is 16.4. The summed E-state index contributed by atoms with van der Waals surface area (Å²) in [5.41, 5.74) is -0.795. The van der Waals surface area contributed by atoms with E-state index in [1.165, 1.54) is 14.0 Å². The Morgan fingerprint density at radius 2 is 1.70 bits per heavy atom. The van der Waals surface area contributed by atoms with Crippen LogP contribution in [0, 0.1) is 0 Å². The van der Waals surface area contributed by atoms with Gasteiger partial charge in [-0.3, -0.25) is 4.79 Å². The lowest BCUT2D eigenvalue weighted by atomic mass is 10.1. The third-order valence-electron chi connectivity index (χ3n) is 3.70. The molecule has 1 atom stereocenters. The minimum Gasteiger partial charge on any atom is -0.495 e. The molecular weight excluding hydrogens is 370 g/mol. The molecule has 0 bridgehead atoms. The Kier molecular flexibility index (Phi) is 6.69. The van der Waals surface area contributed by atoms with Crippen LogP contribution in [0.15, 0.2) is 48.5 Å². The van der Waals surface area contributed by atoms with Crippen LogP contribution in [0.1, 0.15) is 20.8 Å². The minimum absolute atomic E-state index is 0.465. The van der Waals surface area contributed by atoms with Crippen molar-refractivity contribution in [2.45, 2.75) is 32.5 Å². The molecule has 0 radical (unpaired) electrons. The Morgan fingerprint density at radius 3 is 2.33 bits per heavy atom. The van der Waals surface area contributed by atoms with E-state index in [1.54, 1.807) is 62.4 Å². The molecule has 6 nitrogen and oxygen atoms in total. The van der Waals surface area contributed by atoms with Crippen LogP contribution in [-0.2, 0) is 14.3 Å². The van der Waals surface area contributed by atoms with Crippen LogP contribution in [0.2, 0.25) is 5.02 Å². The highest BCUT2D eigenvalue weighted by atomic mass is 35.5. The maximum absolute atomic E-state index is 12.4. The minimum atomic E-state index is -1.28. The van der Waals surface area contributed by atoms with Gasteiger partial charge in [0, 0.05) is 5.02 Å². The second kappa shape index (κ2) is 8.77. The highest BCUT2D eigenvalue weighted by molar-refractivity contribution is 6.30. The Bertz CT molecular complexity index is 804. The molecule has 0 heterocycles. The van der Waals surface area contributed by atoms with Crippen LogP contribution in [0.4, 0.5) is 5.69 Å². The molecule has 2 rings (SSSR count). The number of carbonyl (C=O) groups excluding carboxylic acids is 2. The van der Waals surface area contributed by atoms with Crippen molar-refractivity contribution < 1.29 is 23.8 Å². The third kappa shape index (κ3) is 5.62. The van der Waals surface area contributed by atoms with E-state index in [-0.39, 0.29) is 0 Å². The average Bonchev–Trinajstić information content (AvgIpc) is 2.63. The summed E-state index contributed by atoms with van der Waals surface area (Å²) in [6.07, 6.45) is -1.02. The van der Waals surface area contributed by atoms with E-state index < -0.39 is 23.6 Å². The number of para-hydroxylation sites is 2. The number of halogens is 1. The van der Waals surface area contributed by atoms with Crippen molar-refractivity contribution >= 4 is 29.2 Å². The number of amides is 1. The van der Waals surface area contributed by atoms with Crippen molar-refractivity contribution in [2.24, 2.45) is 0 Å². The molecule has 0 aliphatic heterocycles. The summed E-state index contributed by atoms with van der Waals surface area (Å²) in [5.74, 6) is -0.168. The second-order valence-electron chi connectivity index (χ2n) is 6.30. The van der Waals surface area contributed by atoms with Gasteiger partial charge in [-0.15, -0.1) is 0 Å². The molecule has 0 saturated carbocycles. The number of benzene rings is 2. The maximum atomic E-state index is 12.4. The lowest BCUT2D eigenvalue weighted by molar-refractivity contribution is -0.166. The molecule has 2 aromatic rings. The van der Waals surface area contributed by atoms with Crippen molar-refractivity contribution in [1.29, 1.82) is 0 Å². The first-order valence-electron chi connectivity index (χ1n) is 8.32. The molecule has 1 N–H and O–H groups in total. The lowest BCUT2D eigenvalue weighted by Crippen LogP contribution is -2.43. The fourth-order valence-electron chi connectivity index (χ4n) is 2.18. The molecule has 7 heteroatoms. The van der Waals surface area contributed by atoms with Gasteiger partial charge in [-0.05, 0) is 57.2 Å². The molecular formula is C20H22ClNO5. The number of nitrogens with one attached hydrogen (secondary N) is 1. The molecule has 0 aliphatic rings. The SMILES string of the molecule is COc1ccccc1NC(=O)C(C)OC(=O)C(C)(C)Oc1ccc(Cl)cc1. The molecule has 0 fully saturated rings. The molecule has 144 valence electrons. The predicted octanol–water partition coefficient (Wildman–Crippen LogP) is 4.08. The highest BCUT2D eigenvalue weighted by Crippen LogP contribution is 2.24. The van der Waals surface area contributed by atoms with Crippen LogP contribution in [0.25, 0.3) is 0 Å². The van der Waals surface area contributed by atoms with E-state index in [0.29, 0.717) is 22.2 Å². The van der Waals surface area contributed by atoms with Crippen molar-refractivity contribution in [3.8, 4) is 11.5 Å². The van der Waals surface area contributed by atoms with E-state index in [1.807, 2.05) is 0 Å². The highest BCUT2D eigenvalue weighted by Gasteiger charge is 2.34. The van der Waals surface area contributed by atoms with Crippen LogP contribution >= 0.6 is 11.6 Å². The predicted molar refractivity (Wildman–Crippen MR) is 103 cm³/mol. The summed E-state index contributed by atoms with van der Waals surface area (Å²) in [6, 6.07) is 13.6. The Balaban J connectivity index is 1.98. The Morgan fingerprint density at radius 1 is 1.07 bits per heavy atom. The Labute approximate surface area is 163 Å². The summed E-state index contributed by atoms with van der Waals surface area (Å²) < 4.78 is 16.1. The summed E-state index contributed by atoms with van der Waals surface area (Å²) in [5, 5.41) is 3.24. The van der Waals surface area contributed by atoms with E-state index in [2.05, 4.69) is 5.32 Å². The molecule has 1 amide bonds. The zero-order valence-electron chi connectivity index (χ0n) is 15.6. The van der Waals surface area contributed by atoms with Gasteiger partial charge < -0.3 is 19.5 Å². The first-order valence-corrected chi connectivity index (χ1v) is 8.70. The number of hydrogen-bond acceptors (Lipinski definition) is 5. The van der Waals surface area contributed by atoms with Gasteiger partial charge in [-0.25, -0.2) is 4.79 Å². The fourth-order valence-corrected chi connectivity index (χ4v) is 2.30. The molecule has 0 aliphatic carbocycles. The van der Waals surface area contributed by atoms with E-state index in [9.17, 15) is 9.59 Å². The number of anilines is 1. The number of rotatable bonds is 7. The Hall–Kier alpha value is -2.73. The standard InChI is InChI=1S/C20H22ClNO5/c1-13(18(23)22-16-7-5-6-8-17(16)25-4)26-19(24)20(2,3)27-15-11-9-14(21)10-12-15/h5-13H,1-4H3,(H,22,23). The van der Waals surface area contributed by atoms with Crippen LogP contribution in [0.3, 0.4) is 0 Å². The molecule has 2 aromatic carbocycles. The smallest absolute Gasteiger partial charge is 0.350 e. The second-order valence-corrected chi connectivity index (χ2v) is 6.74. The van der Waals surface area contributed by atoms with E-state index in [4.69, 9.17) is 25.8 Å². The van der Waals surface area contributed by atoms with Gasteiger partial charge in [0.15, 0.2) is 11.7 Å². The van der Waals surface area contributed by atoms with Gasteiger partial charge in [0.1, 0.15) is 11.5 Å². The third-order valence-corrected chi connectivity index (χ3v) is 3.95. The van der Waals surface area contributed by atoms with E-state index >= 15 is 0 Å². The summed E-state index contributed by atoms with van der Waals surface area (Å²) in [7, 11) is 1.51. The monoisotopic (exact) mass is 391 g/mol. The van der Waals surface area contributed by atoms with Gasteiger partial charge in [0.05, 0.1) is 12.8 Å². The molecule has 27 heavy (non-hydrogen) atoms. The number of hydrogen-bond donors (Lipinski definition) is 1. The van der Waals surface area contributed by atoms with Crippen molar-refractivity contribution in [1.82, 2.24) is 0 Å². The first kappa shape index (κ1) is 20.6. The van der Waals surface area contributed by atoms with Gasteiger partial charge in [0.25, 0.3) is 5.91 Å². The number of esters is 1. The van der Waals surface area contributed by atoms with Gasteiger partial charge >= 0.3 is 5.97 Å². The summed E-state index contributed by atoms with van der Waals surface area (Å²) in [6.45, 7) is 4.62.